The molecule has 3 rings (SSSR count). The molecule has 0 aliphatic carbocycles. The van der Waals surface area contributed by atoms with E-state index in [1.54, 1.807) is 24.3 Å². The van der Waals surface area contributed by atoms with E-state index in [1.807, 2.05) is 44.9 Å². The van der Waals surface area contributed by atoms with E-state index in [0.717, 1.165) is 17.8 Å². The number of anilines is 2. The van der Waals surface area contributed by atoms with Crippen molar-refractivity contribution in [3.05, 3.63) is 59.7 Å². The van der Waals surface area contributed by atoms with Crippen LogP contribution < -0.4 is 10.2 Å². The minimum atomic E-state index is -0.559. The molecule has 0 atom stereocenters. The molecule has 0 spiro atoms. The van der Waals surface area contributed by atoms with E-state index in [2.05, 4.69) is 22.3 Å². The van der Waals surface area contributed by atoms with E-state index in [4.69, 9.17) is 4.74 Å². The quantitative estimate of drug-likeness (QED) is 0.850. The first kappa shape index (κ1) is 19.7. The summed E-state index contributed by atoms with van der Waals surface area (Å²) in [6.07, 6.45) is -0.515. The van der Waals surface area contributed by atoms with Gasteiger partial charge in [-0.15, -0.1) is 0 Å². The van der Waals surface area contributed by atoms with Crippen LogP contribution in [-0.2, 0) is 11.3 Å². The number of ether oxygens (including phenoxy) is 1. The van der Waals surface area contributed by atoms with Crippen molar-refractivity contribution in [2.24, 2.45) is 0 Å². The van der Waals surface area contributed by atoms with Gasteiger partial charge >= 0.3 is 6.09 Å². The molecular formula is C22H27N3O3. The average molecular weight is 381 g/mol. The summed E-state index contributed by atoms with van der Waals surface area (Å²) in [4.78, 5) is 28.9. The fourth-order valence-electron chi connectivity index (χ4n) is 3.17. The van der Waals surface area contributed by atoms with Gasteiger partial charge in [0, 0.05) is 43.6 Å². The summed E-state index contributed by atoms with van der Waals surface area (Å²) >= 11 is 0. The lowest BCUT2D eigenvalue weighted by molar-refractivity contribution is 0.0635. The van der Waals surface area contributed by atoms with E-state index in [0.29, 0.717) is 24.3 Å². The highest BCUT2D eigenvalue weighted by atomic mass is 16.6. The van der Waals surface area contributed by atoms with E-state index in [-0.39, 0.29) is 5.91 Å². The van der Waals surface area contributed by atoms with Crippen molar-refractivity contribution in [2.75, 3.05) is 30.4 Å². The Labute approximate surface area is 166 Å². The van der Waals surface area contributed by atoms with E-state index >= 15 is 0 Å². The molecule has 2 amide bonds. The molecule has 0 bridgehead atoms. The van der Waals surface area contributed by atoms with Crippen molar-refractivity contribution < 1.29 is 14.3 Å². The number of hydrogen-bond donors (Lipinski definition) is 1. The van der Waals surface area contributed by atoms with Crippen LogP contribution in [0.15, 0.2) is 48.5 Å². The summed E-state index contributed by atoms with van der Waals surface area (Å²) < 4.78 is 5.24. The van der Waals surface area contributed by atoms with Gasteiger partial charge in [-0.3, -0.25) is 10.1 Å². The smallest absolute Gasteiger partial charge is 0.412 e. The van der Waals surface area contributed by atoms with Crippen LogP contribution in [0.4, 0.5) is 16.2 Å². The number of amides is 2. The Kier molecular flexibility index (Phi) is 5.58. The van der Waals surface area contributed by atoms with Gasteiger partial charge < -0.3 is 14.5 Å². The zero-order valence-electron chi connectivity index (χ0n) is 16.9. The van der Waals surface area contributed by atoms with Crippen LogP contribution in [0.5, 0.6) is 0 Å². The molecule has 0 radical (unpaired) electrons. The molecule has 6 nitrogen and oxygen atoms in total. The van der Waals surface area contributed by atoms with Crippen molar-refractivity contribution in [1.82, 2.24) is 4.90 Å². The molecule has 2 aromatic rings. The number of rotatable bonds is 2. The minimum Gasteiger partial charge on any atom is -0.444 e. The maximum absolute atomic E-state index is 13.0. The molecule has 1 N–H and O–H groups in total. The van der Waals surface area contributed by atoms with Crippen molar-refractivity contribution >= 4 is 23.4 Å². The van der Waals surface area contributed by atoms with Crippen LogP contribution >= 0.6 is 0 Å². The largest absolute Gasteiger partial charge is 0.444 e. The van der Waals surface area contributed by atoms with Crippen molar-refractivity contribution in [2.45, 2.75) is 32.9 Å². The number of hydrogen-bond acceptors (Lipinski definition) is 4. The van der Waals surface area contributed by atoms with Crippen LogP contribution in [0, 0.1) is 0 Å². The summed E-state index contributed by atoms with van der Waals surface area (Å²) in [5, 5.41) is 2.68. The van der Waals surface area contributed by atoms with Gasteiger partial charge in [0.05, 0.1) is 0 Å². The van der Waals surface area contributed by atoms with E-state index in [9.17, 15) is 9.59 Å². The van der Waals surface area contributed by atoms with E-state index < -0.39 is 11.7 Å². The molecule has 1 heterocycles. The maximum atomic E-state index is 13.0. The Bertz CT molecular complexity index is 856. The second-order valence-electron chi connectivity index (χ2n) is 7.98. The van der Waals surface area contributed by atoms with Gasteiger partial charge in [0.25, 0.3) is 5.91 Å². The summed E-state index contributed by atoms with van der Waals surface area (Å²) in [6.45, 7) is 7.45. The number of fused-ring (bicyclic) bond motifs is 1. The predicted molar refractivity (Wildman–Crippen MR) is 111 cm³/mol. The molecule has 0 saturated heterocycles. The highest BCUT2D eigenvalue weighted by Crippen LogP contribution is 2.24. The Morgan fingerprint density at radius 2 is 1.68 bits per heavy atom. The number of nitrogens with zero attached hydrogens (tertiary/aromatic N) is 2. The van der Waals surface area contributed by atoms with Gasteiger partial charge in [-0.05, 0) is 56.7 Å². The zero-order chi connectivity index (χ0) is 20.3. The molecule has 28 heavy (non-hydrogen) atoms. The Hall–Kier alpha value is -3.02. The molecule has 148 valence electrons. The number of nitrogens with one attached hydrogen (secondary N) is 1. The molecule has 0 unspecified atom stereocenters. The van der Waals surface area contributed by atoms with Gasteiger partial charge in [-0.1, -0.05) is 18.2 Å². The topological polar surface area (TPSA) is 61.9 Å². The molecule has 6 heteroatoms. The molecule has 0 aromatic heterocycles. The SMILES string of the molecule is CN1CCN(C(=O)c2ccc(NC(=O)OC(C)(C)C)cc2)Cc2ccccc21. The normalized spacial score (nSPS) is 14.1. The predicted octanol–water partition coefficient (Wildman–Crippen LogP) is 4.13. The molecule has 1 aliphatic heterocycles. The fourth-order valence-corrected chi connectivity index (χ4v) is 3.17. The lowest BCUT2D eigenvalue weighted by atomic mass is 10.1. The third-order valence-corrected chi connectivity index (χ3v) is 4.53. The summed E-state index contributed by atoms with van der Waals surface area (Å²) in [6, 6.07) is 15.1. The lowest BCUT2D eigenvalue weighted by Crippen LogP contribution is -2.34. The van der Waals surface area contributed by atoms with E-state index in [1.165, 1.54) is 0 Å². The van der Waals surface area contributed by atoms with Crippen LogP contribution in [0.25, 0.3) is 0 Å². The van der Waals surface area contributed by atoms with Crippen molar-refractivity contribution in [3.63, 3.8) is 0 Å². The Balaban J connectivity index is 1.69. The van der Waals surface area contributed by atoms with Crippen LogP contribution in [0.1, 0.15) is 36.7 Å². The standard InChI is InChI=1S/C22H27N3O3/c1-22(2,3)28-21(27)23-18-11-9-16(10-12-18)20(26)25-14-13-24(4)19-8-6-5-7-17(19)15-25/h5-12H,13-15H2,1-4H3,(H,23,27). The first-order valence-electron chi connectivity index (χ1n) is 9.41. The second-order valence-corrected chi connectivity index (χ2v) is 7.98. The number of likely N-dealkylation sites (N-methyl/N-ethyl adjacent to an activating group) is 1. The van der Waals surface area contributed by atoms with Gasteiger partial charge in [0.1, 0.15) is 5.60 Å². The second kappa shape index (κ2) is 7.92. The van der Waals surface area contributed by atoms with Crippen molar-refractivity contribution in [1.29, 1.82) is 0 Å². The summed E-state index contributed by atoms with van der Waals surface area (Å²) in [5.41, 5.74) is 2.92. The number of benzene rings is 2. The molecule has 1 aliphatic rings. The number of carbonyl (C=O) groups excluding carboxylic acids is 2. The fraction of sp³-hybridized carbons (Fsp3) is 0.364. The third-order valence-electron chi connectivity index (χ3n) is 4.53. The van der Waals surface area contributed by atoms with Gasteiger partial charge in [-0.25, -0.2) is 4.79 Å². The third kappa shape index (κ3) is 4.82. The molecular weight excluding hydrogens is 354 g/mol. The van der Waals surface area contributed by atoms with Gasteiger partial charge in [0.15, 0.2) is 0 Å². The lowest BCUT2D eigenvalue weighted by Gasteiger charge is -2.21. The first-order valence-corrected chi connectivity index (χ1v) is 9.41. The Morgan fingerprint density at radius 3 is 2.36 bits per heavy atom. The molecule has 0 saturated carbocycles. The number of para-hydroxylation sites is 1. The summed E-state index contributed by atoms with van der Waals surface area (Å²) in [7, 11) is 2.05. The maximum Gasteiger partial charge on any atom is 0.412 e. The first-order chi connectivity index (χ1) is 13.2. The monoisotopic (exact) mass is 381 g/mol. The average Bonchev–Trinajstić information content (AvgIpc) is 2.80. The molecule has 2 aromatic carbocycles. The highest BCUT2D eigenvalue weighted by molar-refractivity contribution is 5.95. The minimum absolute atomic E-state index is 0.0195. The van der Waals surface area contributed by atoms with Crippen molar-refractivity contribution in [3.8, 4) is 0 Å². The van der Waals surface area contributed by atoms with Crippen LogP contribution in [-0.4, -0.2) is 42.6 Å². The number of carbonyl (C=O) groups is 2. The summed E-state index contributed by atoms with van der Waals surface area (Å²) in [5.74, 6) is -0.0195. The molecule has 0 fully saturated rings. The van der Waals surface area contributed by atoms with Gasteiger partial charge in [0.2, 0.25) is 0 Å². The highest BCUT2D eigenvalue weighted by Gasteiger charge is 2.22. The van der Waals surface area contributed by atoms with Crippen LogP contribution in [0.3, 0.4) is 0 Å². The zero-order valence-corrected chi connectivity index (χ0v) is 16.9. The van der Waals surface area contributed by atoms with Gasteiger partial charge in [-0.2, -0.15) is 0 Å². The Morgan fingerprint density at radius 1 is 1.00 bits per heavy atom. The van der Waals surface area contributed by atoms with Crippen LogP contribution in [0.2, 0.25) is 0 Å².